The van der Waals surface area contributed by atoms with Crippen molar-refractivity contribution in [3.63, 3.8) is 0 Å². The van der Waals surface area contributed by atoms with Gasteiger partial charge in [0.2, 0.25) is 0 Å². The van der Waals surface area contributed by atoms with Gasteiger partial charge in [0.1, 0.15) is 0 Å². The Morgan fingerprint density at radius 3 is 2.67 bits per heavy atom. The van der Waals surface area contributed by atoms with E-state index in [2.05, 4.69) is 4.98 Å². The minimum Gasteiger partial charge on any atom is -0.392 e. The maximum absolute atomic E-state index is 10.4. The third-order valence-corrected chi connectivity index (χ3v) is 4.09. The lowest BCUT2D eigenvalue weighted by Crippen LogP contribution is -2.29. The highest BCUT2D eigenvalue weighted by atomic mass is 16.3. The van der Waals surface area contributed by atoms with E-state index in [9.17, 15) is 5.11 Å². The van der Waals surface area contributed by atoms with Gasteiger partial charge in [-0.05, 0) is 24.5 Å². The quantitative estimate of drug-likeness (QED) is 0.841. The number of aliphatic hydroxyl groups excluding tert-OH is 1. The predicted molar refractivity (Wildman–Crippen MR) is 73.2 cm³/mol. The Kier molecular flexibility index (Phi) is 5.14. The van der Waals surface area contributed by atoms with Crippen LogP contribution in [0.4, 0.5) is 0 Å². The Hall–Kier alpha value is -0.930. The zero-order valence-corrected chi connectivity index (χ0v) is 11.0. The molecule has 3 heteroatoms. The first kappa shape index (κ1) is 13.5. The van der Waals surface area contributed by atoms with Crippen LogP contribution in [0.15, 0.2) is 24.4 Å². The summed E-state index contributed by atoms with van der Waals surface area (Å²) in [6, 6.07) is 5.81. The van der Waals surface area contributed by atoms with Crippen molar-refractivity contribution >= 4 is 0 Å². The summed E-state index contributed by atoms with van der Waals surface area (Å²) in [6.07, 6.45) is 8.79. The molecule has 1 heterocycles. The SMILES string of the molecule is NCC(c1ccccn1)C(O)CC1CCCCC1. The molecule has 2 atom stereocenters. The van der Waals surface area contributed by atoms with E-state index in [0.29, 0.717) is 12.5 Å². The summed E-state index contributed by atoms with van der Waals surface area (Å²) in [5.41, 5.74) is 6.73. The number of nitrogens with two attached hydrogens (primary N) is 1. The van der Waals surface area contributed by atoms with Gasteiger partial charge in [-0.15, -0.1) is 0 Å². The molecule has 0 amide bonds. The third kappa shape index (κ3) is 3.53. The molecular weight excluding hydrogens is 224 g/mol. The van der Waals surface area contributed by atoms with Crippen molar-refractivity contribution in [3.05, 3.63) is 30.1 Å². The Morgan fingerprint density at radius 1 is 1.28 bits per heavy atom. The van der Waals surface area contributed by atoms with Gasteiger partial charge in [0.05, 0.1) is 6.10 Å². The maximum atomic E-state index is 10.4. The average Bonchev–Trinajstić information content (AvgIpc) is 2.42. The van der Waals surface area contributed by atoms with Crippen molar-refractivity contribution < 1.29 is 5.11 Å². The van der Waals surface area contributed by atoms with Crippen LogP contribution in [0.1, 0.15) is 50.1 Å². The summed E-state index contributed by atoms with van der Waals surface area (Å²) in [4.78, 5) is 4.32. The molecule has 1 aromatic heterocycles. The normalized spacial score (nSPS) is 20.6. The molecule has 0 spiro atoms. The fourth-order valence-corrected chi connectivity index (χ4v) is 3.00. The van der Waals surface area contributed by atoms with Crippen LogP contribution in [0.25, 0.3) is 0 Å². The van der Waals surface area contributed by atoms with Crippen LogP contribution in [-0.4, -0.2) is 22.7 Å². The first-order chi connectivity index (χ1) is 8.81. The second kappa shape index (κ2) is 6.86. The van der Waals surface area contributed by atoms with Gasteiger partial charge in [-0.2, -0.15) is 0 Å². The number of nitrogens with zero attached hydrogens (tertiary/aromatic N) is 1. The van der Waals surface area contributed by atoms with E-state index < -0.39 is 0 Å². The van der Waals surface area contributed by atoms with Crippen LogP contribution in [0.3, 0.4) is 0 Å². The van der Waals surface area contributed by atoms with Gasteiger partial charge < -0.3 is 10.8 Å². The number of rotatable bonds is 5. The van der Waals surface area contributed by atoms with Crippen molar-refractivity contribution in [1.29, 1.82) is 0 Å². The highest BCUT2D eigenvalue weighted by Crippen LogP contribution is 2.30. The standard InChI is InChI=1S/C15H24N2O/c16-11-13(14-8-4-5-9-17-14)15(18)10-12-6-2-1-3-7-12/h4-5,8-9,12-13,15,18H,1-3,6-7,10-11,16H2. The third-order valence-electron chi connectivity index (χ3n) is 4.09. The topological polar surface area (TPSA) is 59.1 Å². The molecule has 100 valence electrons. The van der Waals surface area contributed by atoms with E-state index in [1.54, 1.807) is 6.20 Å². The zero-order valence-electron chi connectivity index (χ0n) is 11.0. The number of hydrogen-bond donors (Lipinski definition) is 2. The Morgan fingerprint density at radius 2 is 2.06 bits per heavy atom. The molecule has 2 unspecified atom stereocenters. The Balaban J connectivity index is 1.94. The van der Waals surface area contributed by atoms with Crippen LogP contribution in [-0.2, 0) is 0 Å². The molecule has 3 nitrogen and oxygen atoms in total. The molecular formula is C15H24N2O. The van der Waals surface area contributed by atoms with Crippen LogP contribution in [0, 0.1) is 5.92 Å². The lowest BCUT2D eigenvalue weighted by Gasteiger charge is -2.27. The average molecular weight is 248 g/mol. The second-order valence-electron chi connectivity index (χ2n) is 5.40. The molecule has 3 N–H and O–H groups in total. The highest BCUT2D eigenvalue weighted by molar-refractivity contribution is 5.11. The molecule has 0 aromatic carbocycles. The minimum absolute atomic E-state index is 0.0203. The van der Waals surface area contributed by atoms with E-state index in [-0.39, 0.29) is 12.0 Å². The van der Waals surface area contributed by atoms with Crippen LogP contribution >= 0.6 is 0 Å². The Labute approximate surface area is 109 Å². The molecule has 1 aliphatic carbocycles. The van der Waals surface area contributed by atoms with E-state index >= 15 is 0 Å². The van der Waals surface area contributed by atoms with Crippen LogP contribution in [0.5, 0.6) is 0 Å². The molecule has 0 bridgehead atoms. The van der Waals surface area contributed by atoms with Gasteiger partial charge in [-0.3, -0.25) is 4.98 Å². The summed E-state index contributed by atoms with van der Waals surface area (Å²) in [5, 5.41) is 10.4. The second-order valence-corrected chi connectivity index (χ2v) is 5.40. The Bertz CT molecular complexity index is 336. The van der Waals surface area contributed by atoms with Gasteiger partial charge >= 0.3 is 0 Å². The maximum Gasteiger partial charge on any atom is 0.0638 e. The summed E-state index contributed by atoms with van der Waals surface area (Å²) in [6.45, 7) is 0.463. The first-order valence-corrected chi connectivity index (χ1v) is 7.10. The van der Waals surface area contributed by atoms with Gasteiger partial charge in [0.15, 0.2) is 0 Å². The largest absolute Gasteiger partial charge is 0.392 e. The molecule has 1 aromatic rings. The monoisotopic (exact) mass is 248 g/mol. The lowest BCUT2D eigenvalue weighted by molar-refractivity contribution is 0.104. The smallest absolute Gasteiger partial charge is 0.0638 e. The van der Waals surface area contributed by atoms with Crippen molar-refractivity contribution in [1.82, 2.24) is 4.98 Å². The molecule has 0 radical (unpaired) electrons. The molecule has 18 heavy (non-hydrogen) atoms. The highest BCUT2D eigenvalue weighted by Gasteiger charge is 2.25. The van der Waals surface area contributed by atoms with E-state index in [1.165, 1.54) is 32.1 Å². The number of aromatic nitrogens is 1. The molecule has 2 rings (SSSR count). The zero-order chi connectivity index (χ0) is 12.8. The molecule has 0 saturated heterocycles. The predicted octanol–water partition coefficient (Wildman–Crippen LogP) is 2.46. The van der Waals surface area contributed by atoms with E-state index in [4.69, 9.17) is 5.73 Å². The summed E-state index contributed by atoms with van der Waals surface area (Å²) < 4.78 is 0. The number of aliphatic hydroxyl groups is 1. The fourth-order valence-electron chi connectivity index (χ4n) is 3.00. The number of pyridine rings is 1. The van der Waals surface area contributed by atoms with Gasteiger partial charge in [-0.1, -0.05) is 38.2 Å². The fraction of sp³-hybridized carbons (Fsp3) is 0.667. The molecule has 0 aliphatic heterocycles. The molecule has 1 saturated carbocycles. The van der Waals surface area contributed by atoms with Gasteiger partial charge in [-0.25, -0.2) is 0 Å². The van der Waals surface area contributed by atoms with Crippen molar-refractivity contribution in [3.8, 4) is 0 Å². The summed E-state index contributed by atoms with van der Waals surface area (Å²) >= 11 is 0. The van der Waals surface area contributed by atoms with Crippen LogP contribution < -0.4 is 5.73 Å². The number of hydrogen-bond acceptors (Lipinski definition) is 3. The van der Waals surface area contributed by atoms with Crippen molar-refractivity contribution in [2.45, 2.75) is 50.5 Å². The van der Waals surface area contributed by atoms with E-state index in [1.807, 2.05) is 18.2 Å². The molecule has 1 fully saturated rings. The minimum atomic E-state index is -0.354. The van der Waals surface area contributed by atoms with Crippen molar-refractivity contribution in [2.24, 2.45) is 11.7 Å². The molecule has 1 aliphatic rings. The summed E-state index contributed by atoms with van der Waals surface area (Å²) in [7, 11) is 0. The first-order valence-electron chi connectivity index (χ1n) is 7.10. The van der Waals surface area contributed by atoms with Crippen molar-refractivity contribution in [2.75, 3.05) is 6.54 Å². The lowest BCUT2D eigenvalue weighted by atomic mass is 9.82. The van der Waals surface area contributed by atoms with Gasteiger partial charge in [0.25, 0.3) is 0 Å². The van der Waals surface area contributed by atoms with Crippen LogP contribution in [0.2, 0.25) is 0 Å². The summed E-state index contributed by atoms with van der Waals surface area (Å²) in [5.74, 6) is 0.652. The van der Waals surface area contributed by atoms with E-state index in [0.717, 1.165) is 12.1 Å². The van der Waals surface area contributed by atoms with Gasteiger partial charge in [0, 0.05) is 24.4 Å².